The quantitative estimate of drug-likeness (QED) is 0.230. The molecule has 1 amide bonds. The van der Waals surface area contributed by atoms with Gasteiger partial charge in [-0.2, -0.15) is 0 Å². The first-order chi connectivity index (χ1) is 16.5. The molecule has 34 heavy (non-hydrogen) atoms. The Labute approximate surface area is 202 Å². The molecule has 0 unspecified atom stereocenters. The van der Waals surface area contributed by atoms with Crippen molar-refractivity contribution in [1.29, 1.82) is 0 Å². The van der Waals surface area contributed by atoms with E-state index in [0.29, 0.717) is 18.0 Å². The number of rotatable bonds is 17. The van der Waals surface area contributed by atoms with Crippen LogP contribution in [0, 0.1) is 5.82 Å². The summed E-state index contributed by atoms with van der Waals surface area (Å²) in [5, 5.41) is 11.9. The lowest BCUT2D eigenvalue weighted by atomic mass is 10.1. The Balaban J connectivity index is 1.71. The molecule has 0 radical (unpaired) electrons. The third-order valence-electron chi connectivity index (χ3n) is 5.86. The molecule has 186 valence electrons. The number of carbonyl (C=O) groups excluding carboxylic acids is 1. The molecule has 0 saturated heterocycles. The highest BCUT2D eigenvalue weighted by atomic mass is 19.1. The van der Waals surface area contributed by atoms with E-state index in [1.165, 1.54) is 76.3 Å². The standard InChI is InChI=1S/C28H38FNO4/c1-2-3-4-5-6-7-8-9-10-11-12-15-21-34-25-20-14-13-19-24(25)30-27(31)22-17-16-18-23(29)26(22)28(32)33/h13-14,16-20H,2-12,15,21H2,1H3,(H,30,31)(H,32,33). The summed E-state index contributed by atoms with van der Waals surface area (Å²) in [6, 6.07) is 10.6. The molecule has 2 N–H and O–H groups in total. The highest BCUT2D eigenvalue weighted by Gasteiger charge is 2.21. The number of anilines is 1. The molecule has 0 aromatic heterocycles. The first-order valence-corrected chi connectivity index (χ1v) is 12.6. The maximum absolute atomic E-state index is 13.9. The highest BCUT2D eigenvalue weighted by molar-refractivity contribution is 6.11. The molecule has 0 aliphatic carbocycles. The monoisotopic (exact) mass is 471 g/mol. The van der Waals surface area contributed by atoms with E-state index in [4.69, 9.17) is 4.74 Å². The topological polar surface area (TPSA) is 75.6 Å². The summed E-state index contributed by atoms with van der Waals surface area (Å²) >= 11 is 0. The lowest BCUT2D eigenvalue weighted by molar-refractivity contribution is 0.0687. The zero-order valence-corrected chi connectivity index (χ0v) is 20.3. The van der Waals surface area contributed by atoms with Gasteiger partial charge < -0.3 is 15.2 Å². The molecule has 0 heterocycles. The normalized spacial score (nSPS) is 10.8. The summed E-state index contributed by atoms with van der Waals surface area (Å²) in [5.74, 6) is -2.62. The molecule has 6 heteroatoms. The Bertz CT molecular complexity index is 900. The molecule has 2 aromatic rings. The third-order valence-corrected chi connectivity index (χ3v) is 5.86. The van der Waals surface area contributed by atoms with Crippen molar-refractivity contribution in [2.45, 2.75) is 84.0 Å². The number of carboxylic acid groups (broad SMARTS) is 1. The molecule has 0 fully saturated rings. The molecule has 0 saturated carbocycles. The van der Waals surface area contributed by atoms with Crippen LogP contribution in [0.3, 0.4) is 0 Å². The van der Waals surface area contributed by atoms with Gasteiger partial charge in [-0.15, -0.1) is 0 Å². The number of nitrogens with one attached hydrogen (secondary N) is 1. The van der Waals surface area contributed by atoms with Gasteiger partial charge in [-0.05, 0) is 30.7 Å². The van der Waals surface area contributed by atoms with Gasteiger partial charge in [0.25, 0.3) is 5.91 Å². The smallest absolute Gasteiger partial charge is 0.339 e. The summed E-state index contributed by atoms with van der Waals surface area (Å²) < 4.78 is 19.8. The molecule has 5 nitrogen and oxygen atoms in total. The van der Waals surface area contributed by atoms with Crippen molar-refractivity contribution >= 4 is 17.6 Å². The minimum atomic E-state index is -1.49. The summed E-state index contributed by atoms with van der Waals surface area (Å²) in [6.07, 6.45) is 15.2. The lowest BCUT2D eigenvalue weighted by Gasteiger charge is -2.13. The average Bonchev–Trinajstić information content (AvgIpc) is 2.82. The number of carbonyl (C=O) groups is 2. The molecule has 0 bridgehead atoms. The molecule has 2 rings (SSSR count). The third kappa shape index (κ3) is 9.54. The molecule has 0 aliphatic heterocycles. The van der Waals surface area contributed by atoms with Crippen molar-refractivity contribution in [1.82, 2.24) is 0 Å². The number of benzene rings is 2. The average molecular weight is 472 g/mol. The predicted molar refractivity (Wildman–Crippen MR) is 134 cm³/mol. The molecule has 0 spiro atoms. The van der Waals surface area contributed by atoms with Crippen LogP contribution in [0.5, 0.6) is 5.75 Å². The van der Waals surface area contributed by atoms with Gasteiger partial charge in [-0.1, -0.05) is 95.8 Å². The zero-order chi connectivity index (χ0) is 24.6. The summed E-state index contributed by atoms with van der Waals surface area (Å²) in [6.45, 7) is 2.78. The summed E-state index contributed by atoms with van der Waals surface area (Å²) in [7, 11) is 0. The number of para-hydroxylation sites is 2. The van der Waals surface area contributed by atoms with E-state index >= 15 is 0 Å². The number of carboxylic acids is 1. The van der Waals surface area contributed by atoms with Crippen molar-refractivity contribution in [3.05, 3.63) is 59.4 Å². The number of aromatic carboxylic acids is 1. The SMILES string of the molecule is CCCCCCCCCCCCCCOc1ccccc1NC(=O)c1cccc(F)c1C(=O)O. The molecular formula is C28H38FNO4. The van der Waals surface area contributed by atoms with Gasteiger partial charge in [0.1, 0.15) is 17.1 Å². The van der Waals surface area contributed by atoms with Gasteiger partial charge in [-0.3, -0.25) is 4.79 Å². The van der Waals surface area contributed by atoms with Crippen molar-refractivity contribution in [2.24, 2.45) is 0 Å². The second-order valence-corrected chi connectivity index (χ2v) is 8.66. The minimum absolute atomic E-state index is 0.233. The summed E-state index contributed by atoms with van der Waals surface area (Å²) in [4.78, 5) is 24.0. The number of hydrogen-bond acceptors (Lipinski definition) is 3. The van der Waals surface area contributed by atoms with Gasteiger partial charge in [0.2, 0.25) is 0 Å². The number of halogens is 1. The van der Waals surface area contributed by atoms with Crippen molar-refractivity contribution in [3.8, 4) is 5.75 Å². The second-order valence-electron chi connectivity index (χ2n) is 8.66. The van der Waals surface area contributed by atoms with E-state index < -0.39 is 23.3 Å². The van der Waals surface area contributed by atoms with E-state index in [-0.39, 0.29) is 5.56 Å². The van der Waals surface area contributed by atoms with E-state index in [1.807, 2.05) is 0 Å². The fourth-order valence-corrected chi connectivity index (χ4v) is 3.94. The fraction of sp³-hybridized carbons (Fsp3) is 0.500. The first-order valence-electron chi connectivity index (χ1n) is 12.6. The predicted octanol–water partition coefficient (Wildman–Crippen LogP) is 7.86. The Hall–Kier alpha value is -2.89. The number of ether oxygens (including phenoxy) is 1. The van der Waals surface area contributed by atoms with Gasteiger partial charge in [0.15, 0.2) is 0 Å². The van der Waals surface area contributed by atoms with Crippen LogP contribution in [0.1, 0.15) is 105 Å². The van der Waals surface area contributed by atoms with Crippen molar-refractivity contribution in [2.75, 3.05) is 11.9 Å². The van der Waals surface area contributed by atoms with Crippen LogP contribution in [-0.2, 0) is 0 Å². The molecule has 0 aliphatic rings. The maximum Gasteiger partial charge on any atom is 0.339 e. The first kappa shape index (κ1) is 27.4. The van der Waals surface area contributed by atoms with Crippen LogP contribution in [0.25, 0.3) is 0 Å². The highest BCUT2D eigenvalue weighted by Crippen LogP contribution is 2.25. The van der Waals surface area contributed by atoms with Crippen LogP contribution in [-0.4, -0.2) is 23.6 Å². The molecule has 2 aromatic carbocycles. The Morgan fingerprint density at radius 2 is 1.41 bits per heavy atom. The van der Waals surface area contributed by atoms with Crippen molar-refractivity contribution < 1.29 is 23.8 Å². The van der Waals surface area contributed by atoms with Crippen LogP contribution < -0.4 is 10.1 Å². The zero-order valence-electron chi connectivity index (χ0n) is 20.3. The van der Waals surface area contributed by atoms with E-state index in [9.17, 15) is 19.1 Å². The lowest BCUT2D eigenvalue weighted by Crippen LogP contribution is -2.18. The van der Waals surface area contributed by atoms with Gasteiger partial charge >= 0.3 is 5.97 Å². The Kier molecular flexibility index (Phi) is 12.8. The molecule has 0 atom stereocenters. The van der Waals surface area contributed by atoms with Crippen LogP contribution in [0.15, 0.2) is 42.5 Å². The van der Waals surface area contributed by atoms with E-state index in [0.717, 1.165) is 18.9 Å². The van der Waals surface area contributed by atoms with E-state index in [2.05, 4.69) is 12.2 Å². The maximum atomic E-state index is 13.9. The summed E-state index contributed by atoms with van der Waals surface area (Å²) in [5.41, 5.74) is -0.454. The Morgan fingerprint density at radius 1 is 0.824 bits per heavy atom. The number of hydrogen-bond donors (Lipinski definition) is 2. The Morgan fingerprint density at radius 3 is 2.03 bits per heavy atom. The second kappa shape index (κ2) is 15.9. The van der Waals surface area contributed by atoms with Gasteiger partial charge in [-0.25, -0.2) is 9.18 Å². The molecular weight excluding hydrogens is 433 g/mol. The largest absolute Gasteiger partial charge is 0.491 e. The number of unbranched alkanes of at least 4 members (excludes halogenated alkanes) is 11. The van der Waals surface area contributed by atoms with Crippen LogP contribution >= 0.6 is 0 Å². The van der Waals surface area contributed by atoms with Gasteiger partial charge in [0.05, 0.1) is 17.9 Å². The number of amides is 1. The fourth-order valence-electron chi connectivity index (χ4n) is 3.94. The van der Waals surface area contributed by atoms with Crippen LogP contribution in [0.4, 0.5) is 10.1 Å². The van der Waals surface area contributed by atoms with Crippen LogP contribution in [0.2, 0.25) is 0 Å². The van der Waals surface area contributed by atoms with Crippen molar-refractivity contribution in [3.63, 3.8) is 0 Å². The minimum Gasteiger partial charge on any atom is -0.491 e. The van der Waals surface area contributed by atoms with E-state index in [1.54, 1.807) is 24.3 Å². The van der Waals surface area contributed by atoms with Gasteiger partial charge in [0, 0.05) is 0 Å².